The molecular formula is C18H25NO5. The molecule has 1 heterocycles. The molecule has 1 aliphatic rings. The Morgan fingerprint density at radius 1 is 1.42 bits per heavy atom. The van der Waals surface area contributed by atoms with Crippen LogP contribution in [-0.4, -0.2) is 54.3 Å². The van der Waals surface area contributed by atoms with Crippen molar-refractivity contribution in [3.63, 3.8) is 0 Å². The Bertz CT molecular complexity index is 599. The summed E-state index contributed by atoms with van der Waals surface area (Å²) in [7, 11) is 0. The van der Waals surface area contributed by atoms with E-state index in [-0.39, 0.29) is 25.5 Å². The molecular weight excluding hydrogens is 310 g/mol. The molecule has 1 fully saturated rings. The molecule has 0 aromatic heterocycles. The van der Waals surface area contributed by atoms with E-state index in [2.05, 4.69) is 13.8 Å². The molecule has 0 bridgehead atoms. The summed E-state index contributed by atoms with van der Waals surface area (Å²) in [5.41, 5.74) is 2.12. The van der Waals surface area contributed by atoms with Gasteiger partial charge in [-0.15, -0.1) is 0 Å². The average molecular weight is 335 g/mol. The highest BCUT2D eigenvalue weighted by atomic mass is 16.5. The van der Waals surface area contributed by atoms with Gasteiger partial charge in [-0.2, -0.15) is 0 Å². The third kappa shape index (κ3) is 4.71. The molecule has 1 aliphatic heterocycles. The first-order valence-electron chi connectivity index (χ1n) is 8.21. The number of ether oxygens (including phenoxy) is 2. The van der Waals surface area contributed by atoms with Gasteiger partial charge in [0.2, 0.25) is 0 Å². The van der Waals surface area contributed by atoms with E-state index in [9.17, 15) is 9.59 Å². The van der Waals surface area contributed by atoms with Crippen molar-refractivity contribution in [1.29, 1.82) is 0 Å². The monoisotopic (exact) mass is 335 g/mol. The molecule has 0 spiro atoms. The van der Waals surface area contributed by atoms with Crippen LogP contribution >= 0.6 is 0 Å². The van der Waals surface area contributed by atoms with E-state index in [1.165, 1.54) is 0 Å². The zero-order valence-electron chi connectivity index (χ0n) is 14.4. The van der Waals surface area contributed by atoms with Gasteiger partial charge in [-0.1, -0.05) is 26.0 Å². The number of aryl methyl sites for hydroxylation is 1. The predicted octanol–water partition coefficient (Wildman–Crippen LogP) is 2.20. The number of nitrogens with zero attached hydrogens (tertiary/aromatic N) is 1. The first kappa shape index (κ1) is 18.3. The highest BCUT2D eigenvalue weighted by Crippen LogP contribution is 2.27. The van der Waals surface area contributed by atoms with Crippen LogP contribution in [0.4, 0.5) is 0 Å². The minimum atomic E-state index is -0.940. The number of amides is 1. The summed E-state index contributed by atoms with van der Waals surface area (Å²) in [6, 6.07) is 5.53. The quantitative estimate of drug-likeness (QED) is 0.862. The smallest absolute Gasteiger partial charge is 0.305 e. The van der Waals surface area contributed by atoms with Crippen LogP contribution in [0.15, 0.2) is 18.2 Å². The Hall–Kier alpha value is -2.08. The van der Waals surface area contributed by atoms with Crippen molar-refractivity contribution in [3.8, 4) is 5.75 Å². The van der Waals surface area contributed by atoms with Gasteiger partial charge in [0.05, 0.1) is 25.7 Å². The van der Waals surface area contributed by atoms with Gasteiger partial charge in [-0.25, -0.2) is 0 Å². The van der Waals surface area contributed by atoms with E-state index in [1.807, 2.05) is 25.1 Å². The Morgan fingerprint density at radius 2 is 2.17 bits per heavy atom. The zero-order valence-corrected chi connectivity index (χ0v) is 14.4. The number of aliphatic carboxylic acids is 1. The van der Waals surface area contributed by atoms with Gasteiger partial charge in [0, 0.05) is 6.54 Å². The molecule has 1 aromatic carbocycles. The minimum absolute atomic E-state index is 0.0979. The van der Waals surface area contributed by atoms with Crippen LogP contribution < -0.4 is 4.74 Å². The van der Waals surface area contributed by atoms with Crippen molar-refractivity contribution in [2.24, 2.45) is 0 Å². The van der Waals surface area contributed by atoms with E-state index < -0.39 is 12.0 Å². The molecule has 132 valence electrons. The lowest BCUT2D eigenvalue weighted by Crippen LogP contribution is -2.51. The van der Waals surface area contributed by atoms with Crippen molar-refractivity contribution in [2.75, 3.05) is 26.4 Å². The number of benzene rings is 1. The minimum Gasteiger partial charge on any atom is -0.483 e. The second-order valence-corrected chi connectivity index (χ2v) is 6.40. The summed E-state index contributed by atoms with van der Waals surface area (Å²) in [5.74, 6) is -0.147. The van der Waals surface area contributed by atoms with Crippen LogP contribution in [0.2, 0.25) is 0 Å². The fourth-order valence-corrected chi connectivity index (χ4v) is 2.82. The van der Waals surface area contributed by atoms with Gasteiger partial charge in [-0.05, 0) is 30.0 Å². The second kappa shape index (κ2) is 8.15. The highest BCUT2D eigenvalue weighted by Gasteiger charge is 2.29. The Labute approximate surface area is 142 Å². The topological polar surface area (TPSA) is 76.1 Å². The highest BCUT2D eigenvalue weighted by molar-refractivity contribution is 5.79. The van der Waals surface area contributed by atoms with Crippen LogP contribution in [0.1, 0.15) is 37.3 Å². The zero-order chi connectivity index (χ0) is 17.7. The van der Waals surface area contributed by atoms with E-state index in [0.29, 0.717) is 24.8 Å². The number of carboxylic acid groups (broad SMARTS) is 1. The number of carboxylic acids is 1. The number of rotatable bonds is 6. The molecule has 0 aliphatic carbocycles. The molecule has 6 heteroatoms. The van der Waals surface area contributed by atoms with Crippen molar-refractivity contribution >= 4 is 11.9 Å². The van der Waals surface area contributed by atoms with Gasteiger partial charge in [0.15, 0.2) is 6.61 Å². The second-order valence-electron chi connectivity index (χ2n) is 6.40. The van der Waals surface area contributed by atoms with Crippen LogP contribution in [-0.2, 0) is 14.3 Å². The van der Waals surface area contributed by atoms with Crippen LogP contribution in [0.3, 0.4) is 0 Å². The predicted molar refractivity (Wildman–Crippen MR) is 89.3 cm³/mol. The van der Waals surface area contributed by atoms with Crippen molar-refractivity contribution in [2.45, 2.75) is 39.2 Å². The first-order chi connectivity index (χ1) is 11.4. The molecule has 24 heavy (non-hydrogen) atoms. The van der Waals surface area contributed by atoms with Crippen molar-refractivity contribution < 1.29 is 24.2 Å². The SMILES string of the molecule is Cc1ccc(C(C)C)c(OCC(=O)N2CCOCC2CC(=O)O)c1. The van der Waals surface area contributed by atoms with Gasteiger partial charge in [-0.3, -0.25) is 9.59 Å². The molecule has 1 amide bonds. The van der Waals surface area contributed by atoms with Gasteiger partial charge in [0.1, 0.15) is 5.75 Å². The molecule has 6 nitrogen and oxygen atoms in total. The maximum atomic E-state index is 12.5. The number of carbonyl (C=O) groups is 2. The van der Waals surface area contributed by atoms with Gasteiger partial charge < -0.3 is 19.5 Å². The third-order valence-corrected chi connectivity index (χ3v) is 4.10. The van der Waals surface area contributed by atoms with Gasteiger partial charge in [0.25, 0.3) is 5.91 Å². The van der Waals surface area contributed by atoms with E-state index >= 15 is 0 Å². The largest absolute Gasteiger partial charge is 0.483 e. The van der Waals surface area contributed by atoms with E-state index in [0.717, 1.165) is 11.1 Å². The number of hydrogen-bond donors (Lipinski definition) is 1. The molecule has 1 unspecified atom stereocenters. The fraction of sp³-hybridized carbons (Fsp3) is 0.556. The summed E-state index contributed by atoms with van der Waals surface area (Å²) >= 11 is 0. The average Bonchev–Trinajstić information content (AvgIpc) is 2.52. The normalized spacial score (nSPS) is 17.8. The number of hydrogen-bond acceptors (Lipinski definition) is 4. The molecule has 2 rings (SSSR count). The summed E-state index contributed by atoms with van der Waals surface area (Å²) in [4.78, 5) is 25.0. The van der Waals surface area contributed by atoms with Gasteiger partial charge >= 0.3 is 5.97 Å². The summed E-state index contributed by atoms with van der Waals surface area (Å²) < 4.78 is 11.1. The maximum absolute atomic E-state index is 12.5. The lowest BCUT2D eigenvalue weighted by atomic mass is 10.0. The van der Waals surface area contributed by atoms with Crippen LogP contribution in [0.25, 0.3) is 0 Å². The Balaban J connectivity index is 2.04. The molecule has 1 N–H and O–H groups in total. The molecule has 0 saturated carbocycles. The van der Waals surface area contributed by atoms with Crippen molar-refractivity contribution in [1.82, 2.24) is 4.90 Å². The molecule has 1 saturated heterocycles. The number of morpholine rings is 1. The Morgan fingerprint density at radius 3 is 2.83 bits per heavy atom. The summed E-state index contributed by atoms with van der Waals surface area (Å²) in [6.07, 6.45) is -0.118. The molecule has 0 radical (unpaired) electrons. The molecule has 1 atom stereocenters. The van der Waals surface area contributed by atoms with E-state index in [1.54, 1.807) is 4.90 Å². The fourth-order valence-electron chi connectivity index (χ4n) is 2.82. The van der Waals surface area contributed by atoms with Crippen molar-refractivity contribution in [3.05, 3.63) is 29.3 Å². The number of carbonyl (C=O) groups excluding carboxylic acids is 1. The lowest BCUT2D eigenvalue weighted by molar-refractivity contribution is -0.147. The molecule has 1 aromatic rings. The van der Waals surface area contributed by atoms with E-state index in [4.69, 9.17) is 14.6 Å². The lowest BCUT2D eigenvalue weighted by Gasteiger charge is -2.34. The third-order valence-electron chi connectivity index (χ3n) is 4.10. The standard InChI is InChI=1S/C18H25NO5/c1-12(2)15-5-4-13(3)8-16(15)24-11-17(20)19-6-7-23-10-14(19)9-18(21)22/h4-5,8,12,14H,6-7,9-11H2,1-3H3,(H,21,22). The summed E-state index contributed by atoms with van der Waals surface area (Å²) in [6.45, 7) is 7.09. The maximum Gasteiger partial charge on any atom is 0.305 e. The van der Waals surface area contributed by atoms with Crippen LogP contribution in [0.5, 0.6) is 5.75 Å². The van der Waals surface area contributed by atoms with Crippen LogP contribution in [0, 0.1) is 6.92 Å². The first-order valence-corrected chi connectivity index (χ1v) is 8.21. The Kier molecular flexibility index (Phi) is 6.20. The summed E-state index contributed by atoms with van der Waals surface area (Å²) in [5, 5.41) is 8.98.